The molecule has 1 aromatic carbocycles. The molecule has 1 aliphatic carbocycles. The molecule has 1 aliphatic rings. The van der Waals surface area contributed by atoms with E-state index in [2.05, 4.69) is 15.3 Å². The van der Waals surface area contributed by atoms with Gasteiger partial charge in [0, 0.05) is 12.1 Å². The van der Waals surface area contributed by atoms with E-state index in [4.69, 9.17) is 4.74 Å². The van der Waals surface area contributed by atoms with E-state index < -0.39 is 0 Å². The van der Waals surface area contributed by atoms with E-state index in [-0.39, 0.29) is 11.2 Å². The molecule has 6 heteroatoms. The summed E-state index contributed by atoms with van der Waals surface area (Å²) in [4.78, 5) is 20.1. The predicted octanol–water partition coefficient (Wildman–Crippen LogP) is 3.50. The SMILES string of the molecule is COc1ccc2nc(S[C@H](C)C(=O)NC3CCCCC3)[nH]c2c1. The predicted molar refractivity (Wildman–Crippen MR) is 93.0 cm³/mol. The molecule has 0 saturated heterocycles. The van der Waals surface area contributed by atoms with Crippen LogP contribution in [0.3, 0.4) is 0 Å². The molecule has 1 amide bonds. The van der Waals surface area contributed by atoms with E-state index in [0.717, 1.165) is 34.8 Å². The summed E-state index contributed by atoms with van der Waals surface area (Å²) in [5.41, 5.74) is 1.81. The average molecular weight is 333 g/mol. The Morgan fingerprint density at radius 2 is 2.17 bits per heavy atom. The van der Waals surface area contributed by atoms with Crippen molar-refractivity contribution in [3.8, 4) is 5.75 Å². The van der Waals surface area contributed by atoms with E-state index in [0.29, 0.717) is 6.04 Å². The fourth-order valence-corrected chi connectivity index (χ4v) is 3.76. The molecule has 1 fully saturated rings. The summed E-state index contributed by atoms with van der Waals surface area (Å²) in [6, 6.07) is 6.07. The highest BCUT2D eigenvalue weighted by molar-refractivity contribution is 8.00. The molecular formula is C17H23N3O2S. The van der Waals surface area contributed by atoms with E-state index in [1.807, 2.05) is 25.1 Å². The Morgan fingerprint density at radius 1 is 1.39 bits per heavy atom. The zero-order chi connectivity index (χ0) is 16.2. The van der Waals surface area contributed by atoms with E-state index in [1.165, 1.54) is 31.0 Å². The molecule has 23 heavy (non-hydrogen) atoms. The Bertz CT molecular complexity index is 680. The van der Waals surface area contributed by atoms with E-state index in [9.17, 15) is 4.79 Å². The van der Waals surface area contributed by atoms with Crippen molar-refractivity contribution < 1.29 is 9.53 Å². The van der Waals surface area contributed by atoms with Crippen LogP contribution in [-0.4, -0.2) is 34.3 Å². The van der Waals surface area contributed by atoms with Gasteiger partial charge in [-0.2, -0.15) is 0 Å². The number of fused-ring (bicyclic) bond motifs is 1. The number of nitrogens with zero attached hydrogens (tertiary/aromatic N) is 1. The molecule has 0 unspecified atom stereocenters. The molecule has 2 aromatic rings. The highest BCUT2D eigenvalue weighted by Gasteiger charge is 2.21. The molecule has 1 heterocycles. The Balaban J connectivity index is 1.62. The molecular weight excluding hydrogens is 310 g/mol. The van der Waals surface area contributed by atoms with Crippen LogP contribution in [0.5, 0.6) is 5.75 Å². The van der Waals surface area contributed by atoms with Crippen LogP contribution in [0.15, 0.2) is 23.4 Å². The van der Waals surface area contributed by atoms with Crippen LogP contribution < -0.4 is 10.1 Å². The molecule has 3 rings (SSSR count). The molecule has 0 aliphatic heterocycles. The Morgan fingerprint density at radius 3 is 2.91 bits per heavy atom. The number of ether oxygens (including phenoxy) is 1. The molecule has 5 nitrogen and oxygen atoms in total. The van der Waals surface area contributed by atoms with Crippen LogP contribution in [0.1, 0.15) is 39.0 Å². The number of methoxy groups -OCH3 is 1. The third-order valence-corrected chi connectivity index (χ3v) is 5.26. The van der Waals surface area contributed by atoms with Gasteiger partial charge in [-0.25, -0.2) is 4.98 Å². The first kappa shape index (κ1) is 16.2. The minimum atomic E-state index is -0.167. The van der Waals surface area contributed by atoms with E-state index in [1.54, 1.807) is 7.11 Å². The first-order chi connectivity index (χ1) is 11.2. The largest absolute Gasteiger partial charge is 0.497 e. The number of rotatable bonds is 5. The lowest BCUT2D eigenvalue weighted by Gasteiger charge is -2.24. The zero-order valence-corrected chi connectivity index (χ0v) is 14.4. The number of benzene rings is 1. The third-order valence-electron chi connectivity index (χ3n) is 4.28. The summed E-state index contributed by atoms with van der Waals surface area (Å²) in [6.45, 7) is 1.93. The van der Waals surface area contributed by atoms with Crippen molar-refractivity contribution in [1.82, 2.24) is 15.3 Å². The van der Waals surface area contributed by atoms with Crippen LogP contribution in [-0.2, 0) is 4.79 Å². The van der Waals surface area contributed by atoms with Crippen LogP contribution in [0, 0.1) is 0 Å². The first-order valence-corrected chi connectivity index (χ1v) is 9.04. The Kier molecular flexibility index (Phi) is 5.10. The number of amides is 1. The number of nitrogens with one attached hydrogen (secondary N) is 2. The van der Waals surface area contributed by atoms with Crippen LogP contribution in [0.2, 0.25) is 0 Å². The van der Waals surface area contributed by atoms with Crippen molar-refractivity contribution in [2.75, 3.05) is 7.11 Å². The molecule has 0 spiro atoms. The maximum absolute atomic E-state index is 12.3. The Hall–Kier alpha value is -1.69. The van der Waals surface area contributed by atoms with Crippen molar-refractivity contribution in [3.63, 3.8) is 0 Å². The zero-order valence-electron chi connectivity index (χ0n) is 13.6. The number of hydrogen-bond donors (Lipinski definition) is 2. The summed E-state index contributed by atoms with van der Waals surface area (Å²) in [7, 11) is 1.64. The lowest BCUT2D eigenvalue weighted by Crippen LogP contribution is -2.40. The molecule has 0 bridgehead atoms. The van der Waals surface area contributed by atoms with Gasteiger partial charge in [-0.1, -0.05) is 31.0 Å². The number of imidazole rings is 1. The van der Waals surface area contributed by atoms with Crippen molar-refractivity contribution in [1.29, 1.82) is 0 Å². The highest BCUT2D eigenvalue weighted by Crippen LogP contribution is 2.26. The van der Waals surface area contributed by atoms with Crippen LogP contribution in [0.4, 0.5) is 0 Å². The number of carbonyl (C=O) groups is 1. The van der Waals surface area contributed by atoms with Gasteiger partial charge in [0.2, 0.25) is 5.91 Å². The first-order valence-electron chi connectivity index (χ1n) is 8.16. The van der Waals surface area contributed by atoms with Crippen molar-refractivity contribution in [2.45, 2.75) is 55.5 Å². The van der Waals surface area contributed by atoms with Gasteiger partial charge in [0.25, 0.3) is 0 Å². The lowest BCUT2D eigenvalue weighted by atomic mass is 9.95. The summed E-state index contributed by atoms with van der Waals surface area (Å²) < 4.78 is 5.22. The van der Waals surface area contributed by atoms with Gasteiger partial charge in [0.1, 0.15) is 5.75 Å². The molecule has 1 saturated carbocycles. The monoisotopic (exact) mass is 333 g/mol. The number of carbonyl (C=O) groups excluding carboxylic acids is 1. The second-order valence-electron chi connectivity index (χ2n) is 6.03. The summed E-state index contributed by atoms with van der Waals surface area (Å²) in [5, 5.41) is 3.77. The van der Waals surface area contributed by atoms with Crippen LogP contribution in [0.25, 0.3) is 11.0 Å². The minimum absolute atomic E-state index is 0.0972. The number of H-pyrrole nitrogens is 1. The standard InChI is InChI=1S/C17H23N3O2S/c1-11(16(21)18-12-6-4-3-5-7-12)23-17-19-14-9-8-13(22-2)10-15(14)20-17/h8-12H,3-7H2,1-2H3,(H,18,21)(H,19,20)/t11-/m1/s1. The fourth-order valence-electron chi connectivity index (χ4n) is 2.93. The molecule has 124 valence electrons. The van der Waals surface area contributed by atoms with Crippen molar-refractivity contribution >= 4 is 28.7 Å². The maximum atomic E-state index is 12.3. The third kappa shape index (κ3) is 3.99. The smallest absolute Gasteiger partial charge is 0.233 e. The second kappa shape index (κ2) is 7.25. The number of hydrogen-bond acceptors (Lipinski definition) is 4. The minimum Gasteiger partial charge on any atom is -0.497 e. The molecule has 0 radical (unpaired) electrons. The lowest BCUT2D eigenvalue weighted by molar-refractivity contribution is -0.121. The van der Waals surface area contributed by atoms with Gasteiger partial charge < -0.3 is 15.0 Å². The highest BCUT2D eigenvalue weighted by atomic mass is 32.2. The van der Waals surface area contributed by atoms with Gasteiger partial charge in [-0.05, 0) is 31.9 Å². The van der Waals surface area contributed by atoms with Gasteiger partial charge in [0.15, 0.2) is 5.16 Å². The van der Waals surface area contributed by atoms with E-state index >= 15 is 0 Å². The summed E-state index contributed by atoms with van der Waals surface area (Å²) >= 11 is 1.46. The van der Waals surface area contributed by atoms with Gasteiger partial charge >= 0.3 is 0 Å². The summed E-state index contributed by atoms with van der Waals surface area (Å²) in [6.07, 6.45) is 5.94. The quantitative estimate of drug-likeness (QED) is 0.822. The number of aromatic nitrogens is 2. The van der Waals surface area contributed by atoms with Crippen molar-refractivity contribution in [3.05, 3.63) is 18.2 Å². The van der Waals surface area contributed by atoms with Gasteiger partial charge in [-0.3, -0.25) is 4.79 Å². The van der Waals surface area contributed by atoms with Crippen LogP contribution >= 0.6 is 11.8 Å². The fraction of sp³-hybridized carbons (Fsp3) is 0.529. The van der Waals surface area contributed by atoms with Gasteiger partial charge in [-0.15, -0.1) is 0 Å². The van der Waals surface area contributed by atoms with Gasteiger partial charge in [0.05, 0.1) is 23.4 Å². The topological polar surface area (TPSA) is 67.0 Å². The maximum Gasteiger partial charge on any atom is 0.233 e. The number of thioether (sulfide) groups is 1. The van der Waals surface area contributed by atoms with Crippen molar-refractivity contribution in [2.24, 2.45) is 0 Å². The average Bonchev–Trinajstić information content (AvgIpc) is 2.96. The normalized spacial score (nSPS) is 17.1. The second-order valence-corrected chi connectivity index (χ2v) is 7.36. The molecule has 2 N–H and O–H groups in total. The number of aromatic amines is 1. The Labute approximate surface area is 140 Å². The molecule has 1 aromatic heterocycles. The molecule has 1 atom stereocenters. The summed E-state index contributed by atoms with van der Waals surface area (Å²) in [5.74, 6) is 0.890.